The van der Waals surface area contributed by atoms with Gasteiger partial charge in [0.05, 0.1) is 11.7 Å². The molecule has 1 aliphatic heterocycles. The average molecular weight is 389 g/mol. The lowest BCUT2D eigenvalue weighted by atomic mass is 10.1. The third-order valence-corrected chi connectivity index (χ3v) is 6.57. The van der Waals surface area contributed by atoms with Gasteiger partial charge < -0.3 is 10.2 Å². The van der Waals surface area contributed by atoms with E-state index in [9.17, 15) is 9.59 Å². The van der Waals surface area contributed by atoms with Crippen LogP contribution < -0.4 is 10.9 Å². The summed E-state index contributed by atoms with van der Waals surface area (Å²) in [7, 11) is 1.93. The fraction of sp³-hybridized carbons (Fsp3) is 0.389. The maximum atomic E-state index is 13.0. The molecule has 1 unspecified atom stereocenters. The molecule has 1 fully saturated rings. The molecule has 0 saturated carbocycles. The highest BCUT2D eigenvalue weighted by atomic mass is 32.1. The highest BCUT2D eigenvalue weighted by Crippen LogP contribution is 2.33. The van der Waals surface area contributed by atoms with Gasteiger partial charge >= 0.3 is 0 Å². The maximum absolute atomic E-state index is 13.0. The fourth-order valence-electron chi connectivity index (χ4n) is 3.45. The van der Waals surface area contributed by atoms with Gasteiger partial charge in [0.15, 0.2) is 0 Å². The van der Waals surface area contributed by atoms with E-state index in [0.717, 1.165) is 41.3 Å². The summed E-state index contributed by atoms with van der Waals surface area (Å²) in [5.41, 5.74) is 0.772. The van der Waals surface area contributed by atoms with Crippen molar-refractivity contribution in [3.8, 4) is 10.4 Å². The van der Waals surface area contributed by atoms with Crippen LogP contribution in [0, 0.1) is 5.92 Å². The van der Waals surface area contributed by atoms with Crippen LogP contribution in [-0.4, -0.2) is 47.0 Å². The highest BCUT2D eigenvalue weighted by molar-refractivity contribution is 7.18. The van der Waals surface area contributed by atoms with Crippen LogP contribution in [0.25, 0.3) is 20.7 Å². The Morgan fingerprint density at radius 2 is 2.31 bits per heavy atom. The Morgan fingerprint density at radius 3 is 3.08 bits per heavy atom. The molecule has 3 aromatic rings. The van der Waals surface area contributed by atoms with Crippen molar-refractivity contribution in [2.45, 2.75) is 13.0 Å². The first-order chi connectivity index (χ1) is 12.7. The molecule has 1 atom stereocenters. The molecule has 26 heavy (non-hydrogen) atoms. The van der Waals surface area contributed by atoms with E-state index in [1.54, 1.807) is 11.3 Å². The zero-order valence-electron chi connectivity index (χ0n) is 14.5. The van der Waals surface area contributed by atoms with Crippen molar-refractivity contribution in [3.05, 3.63) is 39.6 Å². The second-order valence-corrected chi connectivity index (χ2v) is 8.34. The summed E-state index contributed by atoms with van der Waals surface area (Å²) in [6.07, 6.45) is 2.50. The Morgan fingerprint density at radius 1 is 1.42 bits per heavy atom. The quantitative estimate of drug-likeness (QED) is 0.728. The summed E-state index contributed by atoms with van der Waals surface area (Å²) in [5.74, 6) is 0.475. The van der Waals surface area contributed by atoms with Gasteiger partial charge in [0.25, 0.3) is 5.56 Å². The highest BCUT2D eigenvalue weighted by Gasteiger charge is 2.26. The number of nitrogens with zero attached hydrogens (tertiary/aromatic N) is 3. The first-order valence-corrected chi connectivity index (χ1v) is 10.4. The number of hydrogen-bond donors (Lipinski definition) is 1. The van der Waals surface area contributed by atoms with Gasteiger partial charge in [0.2, 0.25) is 5.91 Å². The van der Waals surface area contributed by atoms with Gasteiger partial charge in [-0.15, -0.1) is 22.7 Å². The fourth-order valence-corrected chi connectivity index (χ4v) is 5.17. The molecule has 3 aromatic heterocycles. The number of carbonyl (C=O) groups excluding carboxylic acids is 1. The Kier molecular flexibility index (Phi) is 4.88. The van der Waals surface area contributed by atoms with E-state index in [4.69, 9.17) is 0 Å². The maximum Gasteiger partial charge on any atom is 0.263 e. The summed E-state index contributed by atoms with van der Waals surface area (Å²) < 4.78 is 1.44. The van der Waals surface area contributed by atoms with Crippen LogP contribution in [-0.2, 0) is 11.3 Å². The Labute approximate surface area is 159 Å². The number of rotatable bonds is 5. The number of fused-ring (bicyclic) bond motifs is 1. The normalized spacial score (nSPS) is 17.3. The number of amides is 1. The van der Waals surface area contributed by atoms with Crippen molar-refractivity contribution in [3.63, 3.8) is 0 Å². The Balaban J connectivity index is 1.60. The lowest BCUT2D eigenvalue weighted by Crippen LogP contribution is -2.35. The lowest BCUT2D eigenvalue weighted by Gasteiger charge is -2.17. The van der Waals surface area contributed by atoms with E-state index in [-0.39, 0.29) is 18.0 Å². The number of thiophene rings is 2. The van der Waals surface area contributed by atoms with Crippen LogP contribution in [0.5, 0.6) is 0 Å². The van der Waals surface area contributed by atoms with Crippen molar-refractivity contribution in [2.24, 2.45) is 5.92 Å². The number of likely N-dealkylation sites (tertiary alicyclic amines) is 1. The molecule has 1 saturated heterocycles. The topological polar surface area (TPSA) is 67.2 Å². The molecule has 4 rings (SSSR count). The van der Waals surface area contributed by atoms with Crippen molar-refractivity contribution in [2.75, 3.05) is 26.7 Å². The largest absolute Gasteiger partial charge is 0.341 e. The minimum absolute atomic E-state index is 0.0141. The van der Waals surface area contributed by atoms with E-state index >= 15 is 0 Å². The van der Waals surface area contributed by atoms with Crippen LogP contribution in [0.4, 0.5) is 0 Å². The standard InChI is InChI=1S/C18H20N4O2S2/c1-19-7-12-4-5-21(8-12)15(23)9-22-11-20-17-16(18(22)24)13(10-26-17)14-3-2-6-25-14/h2-3,6,10-12,19H,4-5,7-9H2,1H3. The van der Waals surface area contributed by atoms with Gasteiger partial charge in [-0.1, -0.05) is 6.07 Å². The van der Waals surface area contributed by atoms with Gasteiger partial charge in [-0.2, -0.15) is 0 Å². The molecule has 0 bridgehead atoms. The van der Waals surface area contributed by atoms with Crippen LogP contribution in [0.2, 0.25) is 0 Å². The van der Waals surface area contributed by atoms with Crippen LogP contribution in [0.1, 0.15) is 6.42 Å². The van der Waals surface area contributed by atoms with Gasteiger partial charge in [-0.25, -0.2) is 4.98 Å². The Bertz CT molecular complexity index is 977. The van der Waals surface area contributed by atoms with Crippen molar-refractivity contribution in [1.82, 2.24) is 19.8 Å². The van der Waals surface area contributed by atoms with Gasteiger partial charge in [0, 0.05) is 28.9 Å². The van der Waals surface area contributed by atoms with E-state index in [1.165, 1.54) is 22.2 Å². The van der Waals surface area contributed by atoms with E-state index in [1.807, 2.05) is 34.8 Å². The van der Waals surface area contributed by atoms with Gasteiger partial charge in [-0.05, 0) is 37.4 Å². The van der Waals surface area contributed by atoms with Gasteiger partial charge in [-0.3, -0.25) is 14.2 Å². The van der Waals surface area contributed by atoms with Crippen LogP contribution in [0.3, 0.4) is 0 Å². The summed E-state index contributed by atoms with van der Waals surface area (Å²) in [6.45, 7) is 2.47. The molecule has 0 aliphatic carbocycles. The van der Waals surface area contributed by atoms with E-state index < -0.39 is 0 Å². The number of carbonyl (C=O) groups is 1. The molecule has 1 aliphatic rings. The molecular weight excluding hydrogens is 368 g/mol. The number of hydrogen-bond acceptors (Lipinski definition) is 6. The number of aromatic nitrogens is 2. The summed E-state index contributed by atoms with van der Waals surface area (Å²) in [4.78, 5) is 33.6. The second-order valence-electron chi connectivity index (χ2n) is 6.54. The summed E-state index contributed by atoms with van der Waals surface area (Å²) >= 11 is 3.06. The molecule has 8 heteroatoms. The third kappa shape index (κ3) is 3.20. The predicted molar refractivity (Wildman–Crippen MR) is 106 cm³/mol. The molecule has 0 radical (unpaired) electrons. The molecular formula is C18H20N4O2S2. The second kappa shape index (κ2) is 7.30. The monoisotopic (exact) mass is 388 g/mol. The van der Waals surface area contributed by atoms with Crippen LogP contribution >= 0.6 is 22.7 Å². The molecule has 136 valence electrons. The lowest BCUT2D eigenvalue weighted by molar-refractivity contribution is -0.130. The minimum atomic E-state index is -0.140. The zero-order valence-corrected chi connectivity index (χ0v) is 16.1. The molecule has 0 spiro atoms. The SMILES string of the molecule is CNCC1CCN(C(=O)Cn2cnc3scc(-c4cccs4)c3c2=O)C1. The average Bonchev–Trinajstić information content (AvgIpc) is 3.37. The third-order valence-electron chi connectivity index (χ3n) is 4.78. The smallest absolute Gasteiger partial charge is 0.263 e. The van der Waals surface area contributed by atoms with Crippen LogP contribution in [0.15, 0.2) is 34.0 Å². The van der Waals surface area contributed by atoms with Gasteiger partial charge in [0.1, 0.15) is 11.4 Å². The molecule has 1 N–H and O–H groups in total. The predicted octanol–water partition coefficient (Wildman–Crippen LogP) is 2.25. The molecule has 6 nitrogen and oxygen atoms in total. The summed E-state index contributed by atoms with van der Waals surface area (Å²) in [5, 5.41) is 7.74. The van der Waals surface area contributed by atoms with Crippen molar-refractivity contribution in [1.29, 1.82) is 0 Å². The Hall–Kier alpha value is -2.03. The van der Waals surface area contributed by atoms with E-state index in [2.05, 4.69) is 10.3 Å². The molecule has 4 heterocycles. The molecule has 0 aromatic carbocycles. The zero-order chi connectivity index (χ0) is 18.1. The number of nitrogens with one attached hydrogen (secondary N) is 1. The first kappa shape index (κ1) is 17.4. The summed E-state index contributed by atoms with van der Waals surface area (Å²) in [6, 6.07) is 3.97. The first-order valence-electron chi connectivity index (χ1n) is 8.60. The van der Waals surface area contributed by atoms with Crippen molar-refractivity contribution >= 4 is 38.8 Å². The van der Waals surface area contributed by atoms with E-state index in [0.29, 0.717) is 11.3 Å². The minimum Gasteiger partial charge on any atom is -0.341 e. The molecule has 1 amide bonds. The van der Waals surface area contributed by atoms with Crippen molar-refractivity contribution < 1.29 is 4.79 Å².